The monoisotopic (exact) mass is 255 g/mol. The van der Waals surface area contributed by atoms with Gasteiger partial charge in [0.05, 0.1) is 17.6 Å². The van der Waals surface area contributed by atoms with E-state index in [1.807, 2.05) is 0 Å². The summed E-state index contributed by atoms with van der Waals surface area (Å²) in [6, 6.07) is 6.28. The molecule has 0 atom stereocenters. The zero-order chi connectivity index (χ0) is 12.5. The standard InChI is InChI=1S/C12H17NO3S/c14-13(15)11-6-5-7-12(10-11)16-8-3-1-2-4-9-17/h5-7,10,17H,1-4,8-9H2. The van der Waals surface area contributed by atoms with Crippen molar-refractivity contribution in [2.24, 2.45) is 0 Å². The second-order valence-corrected chi connectivity index (χ2v) is 4.19. The smallest absolute Gasteiger partial charge is 0.273 e. The average molecular weight is 255 g/mol. The summed E-state index contributed by atoms with van der Waals surface area (Å²) in [6.45, 7) is 0.605. The maximum absolute atomic E-state index is 10.5. The van der Waals surface area contributed by atoms with E-state index in [0.717, 1.165) is 31.4 Å². The molecule has 0 aliphatic heterocycles. The number of nitrogens with zero attached hydrogens (tertiary/aromatic N) is 1. The molecule has 0 aliphatic carbocycles. The van der Waals surface area contributed by atoms with Crippen LogP contribution in [0.15, 0.2) is 24.3 Å². The fraction of sp³-hybridized carbons (Fsp3) is 0.500. The number of rotatable bonds is 8. The van der Waals surface area contributed by atoms with Crippen LogP contribution in [0.5, 0.6) is 5.75 Å². The van der Waals surface area contributed by atoms with Crippen LogP contribution in [0.4, 0.5) is 5.69 Å². The van der Waals surface area contributed by atoms with Gasteiger partial charge in [-0.2, -0.15) is 12.6 Å². The molecule has 0 bridgehead atoms. The number of non-ortho nitro benzene ring substituents is 1. The number of thiol groups is 1. The molecule has 0 unspecified atom stereocenters. The number of ether oxygens (including phenoxy) is 1. The minimum atomic E-state index is -0.417. The van der Waals surface area contributed by atoms with E-state index >= 15 is 0 Å². The Morgan fingerprint density at radius 2 is 2.00 bits per heavy atom. The highest BCUT2D eigenvalue weighted by molar-refractivity contribution is 7.80. The van der Waals surface area contributed by atoms with Crippen LogP contribution >= 0.6 is 12.6 Å². The van der Waals surface area contributed by atoms with E-state index in [4.69, 9.17) is 4.74 Å². The van der Waals surface area contributed by atoms with Gasteiger partial charge in [-0.1, -0.05) is 18.9 Å². The lowest BCUT2D eigenvalue weighted by Crippen LogP contribution is -1.98. The topological polar surface area (TPSA) is 52.4 Å². The third kappa shape index (κ3) is 5.58. The molecule has 0 aliphatic rings. The fourth-order valence-electron chi connectivity index (χ4n) is 1.44. The molecule has 0 heterocycles. The lowest BCUT2D eigenvalue weighted by molar-refractivity contribution is -0.384. The van der Waals surface area contributed by atoms with E-state index in [-0.39, 0.29) is 5.69 Å². The van der Waals surface area contributed by atoms with Crippen LogP contribution < -0.4 is 4.74 Å². The first kappa shape index (κ1) is 13.8. The summed E-state index contributed by atoms with van der Waals surface area (Å²) in [5.41, 5.74) is 0.0672. The molecule has 5 heteroatoms. The first-order chi connectivity index (χ1) is 8.24. The molecular weight excluding hydrogens is 238 g/mol. The molecule has 0 radical (unpaired) electrons. The van der Waals surface area contributed by atoms with E-state index in [1.54, 1.807) is 12.1 Å². The number of unbranched alkanes of at least 4 members (excludes halogenated alkanes) is 3. The number of hydrogen-bond acceptors (Lipinski definition) is 4. The van der Waals surface area contributed by atoms with Crippen LogP contribution in [-0.4, -0.2) is 17.3 Å². The van der Waals surface area contributed by atoms with Gasteiger partial charge in [-0.25, -0.2) is 0 Å². The van der Waals surface area contributed by atoms with Crippen LogP contribution in [0.3, 0.4) is 0 Å². The van der Waals surface area contributed by atoms with Gasteiger partial charge in [-0.15, -0.1) is 0 Å². The maximum Gasteiger partial charge on any atom is 0.273 e. The summed E-state index contributed by atoms with van der Waals surface area (Å²) in [7, 11) is 0. The van der Waals surface area contributed by atoms with Crippen molar-refractivity contribution in [1.29, 1.82) is 0 Å². The van der Waals surface area contributed by atoms with Gasteiger partial charge in [0.1, 0.15) is 5.75 Å². The first-order valence-electron chi connectivity index (χ1n) is 5.72. The van der Waals surface area contributed by atoms with Crippen molar-refractivity contribution < 1.29 is 9.66 Å². The van der Waals surface area contributed by atoms with Gasteiger partial charge in [-0.3, -0.25) is 10.1 Å². The largest absolute Gasteiger partial charge is 0.493 e. The Morgan fingerprint density at radius 1 is 1.24 bits per heavy atom. The molecule has 0 fully saturated rings. The summed E-state index contributed by atoms with van der Waals surface area (Å²) in [6.07, 6.45) is 4.35. The lowest BCUT2D eigenvalue weighted by Gasteiger charge is -2.05. The van der Waals surface area contributed by atoms with Crippen molar-refractivity contribution in [3.8, 4) is 5.75 Å². The van der Waals surface area contributed by atoms with Gasteiger partial charge in [-0.05, 0) is 24.7 Å². The molecule has 1 aromatic carbocycles. The Balaban J connectivity index is 2.27. The second kappa shape index (κ2) is 7.95. The molecule has 17 heavy (non-hydrogen) atoms. The quantitative estimate of drug-likeness (QED) is 0.335. The minimum absolute atomic E-state index is 0.0672. The van der Waals surface area contributed by atoms with E-state index < -0.39 is 4.92 Å². The van der Waals surface area contributed by atoms with Gasteiger partial charge in [0, 0.05) is 6.07 Å². The van der Waals surface area contributed by atoms with Crippen molar-refractivity contribution in [3.63, 3.8) is 0 Å². The predicted molar refractivity (Wildman–Crippen MR) is 70.9 cm³/mol. The van der Waals surface area contributed by atoms with Gasteiger partial charge in [0.25, 0.3) is 5.69 Å². The number of nitro groups is 1. The van der Waals surface area contributed by atoms with Crippen LogP contribution in [0.25, 0.3) is 0 Å². The third-order valence-electron chi connectivity index (χ3n) is 2.35. The molecule has 0 aromatic heterocycles. The molecule has 1 rings (SSSR count). The van der Waals surface area contributed by atoms with Crippen molar-refractivity contribution in [2.45, 2.75) is 25.7 Å². The normalized spacial score (nSPS) is 10.2. The zero-order valence-electron chi connectivity index (χ0n) is 9.67. The lowest BCUT2D eigenvalue weighted by atomic mass is 10.2. The average Bonchev–Trinajstić information content (AvgIpc) is 2.34. The Kier molecular flexibility index (Phi) is 6.47. The molecule has 4 nitrogen and oxygen atoms in total. The van der Waals surface area contributed by atoms with Crippen molar-refractivity contribution in [1.82, 2.24) is 0 Å². The van der Waals surface area contributed by atoms with Crippen LogP contribution in [0.1, 0.15) is 25.7 Å². The van der Waals surface area contributed by atoms with Crippen LogP contribution in [0.2, 0.25) is 0 Å². The summed E-state index contributed by atoms with van der Waals surface area (Å²) >= 11 is 4.14. The van der Waals surface area contributed by atoms with E-state index in [2.05, 4.69) is 12.6 Å². The molecule has 94 valence electrons. The molecule has 1 aromatic rings. The fourth-order valence-corrected chi connectivity index (χ4v) is 1.67. The summed E-state index contributed by atoms with van der Waals surface area (Å²) in [5.74, 6) is 1.49. The number of nitro benzene ring substituents is 1. The highest BCUT2D eigenvalue weighted by atomic mass is 32.1. The molecule has 0 spiro atoms. The Morgan fingerprint density at radius 3 is 2.71 bits per heavy atom. The van der Waals surface area contributed by atoms with Gasteiger partial charge < -0.3 is 4.74 Å². The third-order valence-corrected chi connectivity index (χ3v) is 2.67. The highest BCUT2D eigenvalue weighted by Crippen LogP contribution is 2.19. The first-order valence-corrected chi connectivity index (χ1v) is 6.35. The van der Waals surface area contributed by atoms with Crippen molar-refractivity contribution in [3.05, 3.63) is 34.4 Å². The van der Waals surface area contributed by atoms with Gasteiger partial charge in [0.15, 0.2) is 0 Å². The van der Waals surface area contributed by atoms with Gasteiger partial charge in [0.2, 0.25) is 0 Å². The molecule has 0 N–H and O–H groups in total. The SMILES string of the molecule is O=[N+]([O-])c1cccc(OCCCCCCS)c1. The molecule has 0 saturated heterocycles. The van der Waals surface area contributed by atoms with E-state index in [9.17, 15) is 10.1 Å². The van der Waals surface area contributed by atoms with Crippen molar-refractivity contribution in [2.75, 3.05) is 12.4 Å². The Bertz CT molecular complexity index is 357. The van der Waals surface area contributed by atoms with Crippen molar-refractivity contribution >= 4 is 18.3 Å². The summed E-state index contributed by atoms with van der Waals surface area (Å²) in [4.78, 5) is 10.1. The summed E-state index contributed by atoms with van der Waals surface area (Å²) in [5, 5.41) is 10.5. The molecule has 0 amide bonds. The Labute approximate surface area is 107 Å². The minimum Gasteiger partial charge on any atom is -0.493 e. The molecular formula is C12H17NO3S. The maximum atomic E-state index is 10.5. The van der Waals surface area contributed by atoms with Gasteiger partial charge >= 0.3 is 0 Å². The second-order valence-electron chi connectivity index (χ2n) is 3.74. The Hall–Kier alpha value is -1.23. The highest BCUT2D eigenvalue weighted by Gasteiger charge is 2.05. The predicted octanol–water partition coefficient (Wildman–Crippen LogP) is 3.46. The molecule has 0 saturated carbocycles. The summed E-state index contributed by atoms with van der Waals surface area (Å²) < 4.78 is 5.45. The van der Waals surface area contributed by atoms with E-state index in [1.165, 1.54) is 12.1 Å². The number of benzene rings is 1. The van der Waals surface area contributed by atoms with Crippen LogP contribution in [-0.2, 0) is 0 Å². The van der Waals surface area contributed by atoms with E-state index in [0.29, 0.717) is 12.4 Å². The number of hydrogen-bond donors (Lipinski definition) is 1. The zero-order valence-corrected chi connectivity index (χ0v) is 10.6. The van der Waals surface area contributed by atoms with Crippen LogP contribution in [0, 0.1) is 10.1 Å².